The van der Waals surface area contributed by atoms with E-state index in [1.54, 1.807) is 10.9 Å². The molecule has 8 heteroatoms. The summed E-state index contributed by atoms with van der Waals surface area (Å²) >= 11 is 0. The molecule has 0 atom stereocenters. The molecule has 1 fully saturated rings. The first-order chi connectivity index (χ1) is 13.5. The monoisotopic (exact) mass is 383 g/mol. The number of aryl methyl sites for hydroxylation is 2. The van der Waals surface area contributed by atoms with Crippen molar-refractivity contribution in [1.82, 2.24) is 19.7 Å². The van der Waals surface area contributed by atoms with Gasteiger partial charge in [-0.2, -0.15) is 5.10 Å². The fourth-order valence-electron chi connectivity index (χ4n) is 4.36. The molecular formula is C20H25N5O3. The van der Waals surface area contributed by atoms with Gasteiger partial charge in [-0.15, -0.1) is 0 Å². The van der Waals surface area contributed by atoms with E-state index >= 15 is 0 Å². The Labute approximate surface area is 163 Å². The van der Waals surface area contributed by atoms with Gasteiger partial charge in [-0.1, -0.05) is 0 Å². The molecule has 3 heterocycles. The highest BCUT2D eigenvalue weighted by Crippen LogP contribution is 2.34. The highest BCUT2D eigenvalue weighted by Gasteiger charge is 2.28. The van der Waals surface area contributed by atoms with Gasteiger partial charge in [0.15, 0.2) is 0 Å². The largest absolute Gasteiger partial charge is 0.477 e. The summed E-state index contributed by atoms with van der Waals surface area (Å²) in [5.74, 6) is -1.14. The van der Waals surface area contributed by atoms with Gasteiger partial charge in [-0.05, 0) is 63.4 Å². The van der Waals surface area contributed by atoms with Gasteiger partial charge in [-0.25, -0.2) is 4.79 Å². The van der Waals surface area contributed by atoms with Gasteiger partial charge in [0.1, 0.15) is 5.69 Å². The number of carbonyl (C=O) groups is 2. The van der Waals surface area contributed by atoms with Gasteiger partial charge < -0.3 is 15.7 Å². The van der Waals surface area contributed by atoms with E-state index in [0.29, 0.717) is 18.7 Å². The lowest BCUT2D eigenvalue weighted by atomic mass is 9.90. The first-order valence-electron chi connectivity index (χ1n) is 9.82. The lowest BCUT2D eigenvalue weighted by molar-refractivity contribution is -0.123. The third kappa shape index (κ3) is 3.52. The van der Waals surface area contributed by atoms with Crippen LogP contribution < -0.4 is 5.73 Å². The Morgan fingerprint density at radius 2 is 2.00 bits per heavy atom. The second-order valence-electron chi connectivity index (χ2n) is 7.61. The third-order valence-corrected chi connectivity index (χ3v) is 5.89. The number of fused-ring (bicyclic) bond motifs is 3. The van der Waals surface area contributed by atoms with Gasteiger partial charge in [0, 0.05) is 36.0 Å². The van der Waals surface area contributed by atoms with Crippen LogP contribution in [0.1, 0.15) is 40.9 Å². The van der Waals surface area contributed by atoms with Crippen LogP contribution in [0.5, 0.6) is 0 Å². The minimum atomic E-state index is -0.923. The molecule has 0 unspecified atom stereocenters. The first kappa shape index (κ1) is 18.6. The van der Waals surface area contributed by atoms with Crippen molar-refractivity contribution in [3.63, 3.8) is 0 Å². The van der Waals surface area contributed by atoms with Crippen LogP contribution in [0.4, 0.5) is 0 Å². The number of aromatic carboxylic acids is 1. The van der Waals surface area contributed by atoms with Crippen molar-refractivity contribution in [2.75, 3.05) is 19.6 Å². The highest BCUT2D eigenvalue weighted by molar-refractivity contribution is 5.90. The molecule has 4 rings (SSSR count). The molecule has 0 spiro atoms. The van der Waals surface area contributed by atoms with Crippen LogP contribution in [0, 0.1) is 5.92 Å². The zero-order valence-electron chi connectivity index (χ0n) is 15.8. The lowest BCUT2D eigenvalue weighted by Gasteiger charge is -2.30. The molecule has 0 aromatic carbocycles. The number of carboxylic acids is 1. The number of likely N-dealkylation sites (tertiary alicyclic amines) is 1. The number of hydrogen-bond donors (Lipinski definition) is 2. The van der Waals surface area contributed by atoms with Crippen molar-refractivity contribution in [3.8, 4) is 11.3 Å². The van der Waals surface area contributed by atoms with E-state index in [9.17, 15) is 14.7 Å². The molecule has 2 aromatic rings. The minimum Gasteiger partial charge on any atom is -0.477 e. The average molecular weight is 383 g/mol. The normalized spacial score (nSPS) is 17.1. The van der Waals surface area contributed by atoms with Gasteiger partial charge >= 0.3 is 5.97 Å². The molecular weight excluding hydrogens is 358 g/mol. The predicted molar refractivity (Wildman–Crippen MR) is 103 cm³/mol. The van der Waals surface area contributed by atoms with Crippen LogP contribution in [0.15, 0.2) is 18.5 Å². The van der Waals surface area contributed by atoms with Crippen molar-refractivity contribution in [3.05, 3.63) is 35.3 Å². The highest BCUT2D eigenvalue weighted by atomic mass is 16.4. The van der Waals surface area contributed by atoms with Gasteiger partial charge in [0.2, 0.25) is 5.91 Å². The SMILES string of the molecule is NC(=O)C1CCN(CCCn2nc3c(c2C(=O)O)CCc2cnccc2-3)CC1. The Bertz CT molecular complexity index is 899. The number of nitrogens with zero attached hydrogens (tertiary/aromatic N) is 4. The summed E-state index contributed by atoms with van der Waals surface area (Å²) < 4.78 is 1.65. The third-order valence-electron chi connectivity index (χ3n) is 5.89. The Morgan fingerprint density at radius 3 is 2.71 bits per heavy atom. The Kier molecular flexibility index (Phi) is 5.13. The molecule has 1 saturated heterocycles. The second-order valence-corrected chi connectivity index (χ2v) is 7.61. The average Bonchev–Trinajstić information content (AvgIpc) is 3.07. The van der Waals surface area contributed by atoms with E-state index in [4.69, 9.17) is 5.73 Å². The number of piperidine rings is 1. The van der Waals surface area contributed by atoms with Crippen LogP contribution in [0.2, 0.25) is 0 Å². The van der Waals surface area contributed by atoms with Crippen molar-refractivity contribution in [2.24, 2.45) is 11.7 Å². The molecule has 28 heavy (non-hydrogen) atoms. The Morgan fingerprint density at radius 1 is 1.21 bits per heavy atom. The summed E-state index contributed by atoms with van der Waals surface area (Å²) in [6, 6.07) is 1.92. The fourth-order valence-corrected chi connectivity index (χ4v) is 4.36. The number of carboxylic acid groups (broad SMARTS) is 1. The molecule has 1 aliphatic carbocycles. The maximum atomic E-state index is 11.9. The molecule has 148 valence electrons. The summed E-state index contributed by atoms with van der Waals surface area (Å²) in [6.45, 7) is 3.13. The number of rotatable bonds is 6. The fraction of sp³-hybridized carbons (Fsp3) is 0.500. The summed E-state index contributed by atoms with van der Waals surface area (Å²) in [4.78, 5) is 29.7. The van der Waals surface area contributed by atoms with E-state index in [0.717, 1.165) is 67.7 Å². The van der Waals surface area contributed by atoms with Crippen molar-refractivity contribution < 1.29 is 14.7 Å². The predicted octanol–water partition coefficient (Wildman–Crippen LogP) is 1.33. The molecule has 2 aromatic heterocycles. The van der Waals surface area contributed by atoms with E-state index in [2.05, 4.69) is 15.0 Å². The standard InChI is InChI=1S/C20H25N5O3/c21-19(26)13-5-10-24(11-6-13)8-1-9-25-18(20(27)28)16-3-2-14-12-22-7-4-15(14)17(16)23-25/h4,7,12-13H,1-3,5-6,8-11H2,(H2,21,26)(H,27,28). The maximum Gasteiger partial charge on any atom is 0.354 e. The Hall–Kier alpha value is -2.74. The number of carbonyl (C=O) groups excluding carboxylic acids is 1. The van der Waals surface area contributed by atoms with Crippen LogP contribution in [0.3, 0.4) is 0 Å². The van der Waals surface area contributed by atoms with Crippen molar-refractivity contribution >= 4 is 11.9 Å². The number of primary amides is 1. The molecule has 0 bridgehead atoms. The van der Waals surface area contributed by atoms with Crippen LogP contribution in [0.25, 0.3) is 11.3 Å². The van der Waals surface area contributed by atoms with E-state index < -0.39 is 5.97 Å². The summed E-state index contributed by atoms with van der Waals surface area (Å²) in [6.07, 6.45) is 7.45. The lowest BCUT2D eigenvalue weighted by Crippen LogP contribution is -2.39. The minimum absolute atomic E-state index is 0.0118. The molecule has 2 aliphatic rings. The summed E-state index contributed by atoms with van der Waals surface area (Å²) in [5.41, 5.74) is 9.42. The van der Waals surface area contributed by atoms with E-state index in [1.165, 1.54) is 0 Å². The molecule has 0 saturated carbocycles. The summed E-state index contributed by atoms with van der Waals surface area (Å²) in [5, 5.41) is 14.4. The molecule has 3 N–H and O–H groups in total. The molecule has 8 nitrogen and oxygen atoms in total. The summed E-state index contributed by atoms with van der Waals surface area (Å²) in [7, 11) is 0. The van der Waals surface area contributed by atoms with Crippen LogP contribution >= 0.6 is 0 Å². The smallest absolute Gasteiger partial charge is 0.354 e. The molecule has 1 amide bonds. The Balaban J connectivity index is 1.45. The number of nitrogens with two attached hydrogens (primary N) is 1. The first-order valence-corrected chi connectivity index (χ1v) is 9.82. The molecule has 1 aliphatic heterocycles. The number of hydrogen-bond acceptors (Lipinski definition) is 5. The van der Waals surface area contributed by atoms with Crippen LogP contribution in [-0.2, 0) is 24.2 Å². The second kappa shape index (κ2) is 7.71. The topological polar surface area (TPSA) is 114 Å². The number of aromatic nitrogens is 3. The zero-order chi connectivity index (χ0) is 19.7. The quantitative estimate of drug-likeness (QED) is 0.778. The number of amides is 1. The zero-order valence-corrected chi connectivity index (χ0v) is 15.8. The van der Waals surface area contributed by atoms with E-state index in [1.807, 2.05) is 12.3 Å². The van der Waals surface area contributed by atoms with Crippen molar-refractivity contribution in [1.29, 1.82) is 0 Å². The van der Waals surface area contributed by atoms with Gasteiger partial charge in [0.05, 0.1) is 5.69 Å². The van der Waals surface area contributed by atoms with Crippen LogP contribution in [-0.4, -0.2) is 56.3 Å². The van der Waals surface area contributed by atoms with Gasteiger partial charge in [0.25, 0.3) is 0 Å². The maximum absolute atomic E-state index is 11.9. The number of pyridine rings is 1. The van der Waals surface area contributed by atoms with E-state index in [-0.39, 0.29) is 11.8 Å². The molecule has 0 radical (unpaired) electrons. The van der Waals surface area contributed by atoms with Crippen molar-refractivity contribution in [2.45, 2.75) is 38.6 Å². The van der Waals surface area contributed by atoms with Gasteiger partial charge in [-0.3, -0.25) is 14.5 Å².